The zero-order chi connectivity index (χ0) is 12.3. The molecule has 0 aromatic rings. The Morgan fingerprint density at radius 3 is 1.94 bits per heavy atom. The molecular formula is C16H34FN. The van der Waals surface area contributed by atoms with Crippen LogP contribution in [0.25, 0.3) is 0 Å². The summed E-state index contributed by atoms with van der Waals surface area (Å²) in [6.07, 6.45) is 16.1. The minimum absolute atomic E-state index is 0. The monoisotopic (exact) mass is 259 g/mol. The van der Waals surface area contributed by atoms with Crippen LogP contribution in [0.2, 0.25) is 0 Å². The molecule has 110 valence electrons. The van der Waals surface area contributed by atoms with Gasteiger partial charge in [-0.1, -0.05) is 51.9 Å². The Kier molecular flexibility index (Phi) is 11.9. The summed E-state index contributed by atoms with van der Waals surface area (Å²) in [4.78, 5) is 1.88. The molecule has 1 heterocycles. The number of likely N-dealkylation sites (tertiary alicyclic amines) is 1. The molecule has 1 aliphatic heterocycles. The standard InChI is InChI=1S/C16H33N.FH/c1-3-4-5-6-7-8-9-10-11-14-17-15-12-13-16(17)2;/h16H,3-15H2,1-2H3;1H. The molecule has 2 unspecified atom stereocenters. The summed E-state index contributed by atoms with van der Waals surface area (Å²) in [5.41, 5.74) is 0. The van der Waals surface area contributed by atoms with E-state index >= 15 is 0 Å². The quantitative estimate of drug-likeness (QED) is 0.548. The van der Waals surface area contributed by atoms with Crippen LogP contribution in [-0.2, 0) is 0 Å². The Labute approximate surface area is 114 Å². The minimum atomic E-state index is 0. The molecule has 1 saturated heterocycles. The van der Waals surface area contributed by atoms with Crippen LogP contribution in [0.5, 0.6) is 0 Å². The first kappa shape index (κ1) is 17.9. The van der Waals surface area contributed by atoms with Crippen molar-refractivity contribution in [1.29, 1.82) is 0 Å². The molecule has 0 spiro atoms. The molecule has 0 radical (unpaired) electrons. The lowest BCUT2D eigenvalue weighted by Gasteiger charge is -2.17. The third kappa shape index (κ3) is 8.07. The number of hydrogen-bond donors (Lipinski definition) is 1. The lowest BCUT2D eigenvalue weighted by molar-refractivity contribution is -0.910. The normalized spacial score (nSPS) is 23.0. The van der Waals surface area contributed by atoms with Gasteiger partial charge in [-0.15, -0.1) is 0 Å². The summed E-state index contributed by atoms with van der Waals surface area (Å²) in [7, 11) is 0. The first-order chi connectivity index (χ1) is 8.34. The van der Waals surface area contributed by atoms with Crippen LogP contribution in [0.1, 0.15) is 84.5 Å². The molecule has 0 aromatic heterocycles. The zero-order valence-corrected chi connectivity index (χ0v) is 12.6. The van der Waals surface area contributed by atoms with Gasteiger partial charge >= 0.3 is 0 Å². The topological polar surface area (TPSA) is 4.44 Å². The van der Waals surface area contributed by atoms with E-state index in [0.717, 1.165) is 6.04 Å². The summed E-state index contributed by atoms with van der Waals surface area (Å²) in [6, 6.07) is 0.948. The predicted octanol–water partition coefficient (Wildman–Crippen LogP) is 0.588. The van der Waals surface area contributed by atoms with E-state index in [2.05, 4.69) is 13.8 Å². The van der Waals surface area contributed by atoms with Crippen molar-refractivity contribution in [2.45, 2.75) is 90.5 Å². The molecule has 1 nitrogen and oxygen atoms in total. The van der Waals surface area contributed by atoms with Gasteiger partial charge in [-0.3, -0.25) is 0 Å². The predicted molar refractivity (Wildman–Crippen MR) is 76.6 cm³/mol. The number of quaternary nitrogens is 1. The molecule has 0 amide bonds. The van der Waals surface area contributed by atoms with Crippen molar-refractivity contribution >= 4 is 0 Å². The van der Waals surface area contributed by atoms with Crippen LogP contribution in [-0.4, -0.2) is 19.1 Å². The Hall–Kier alpha value is -0.110. The maximum Gasteiger partial charge on any atom is 0.0848 e. The molecular weight excluding hydrogens is 225 g/mol. The van der Waals surface area contributed by atoms with E-state index in [9.17, 15) is 0 Å². The molecule has 0 bridgehead atoms. The summed E-state index contributed by atoms with van der Waals surface area (Å²) < 4.78 is 0. The molecule has 1 rings (SSSR count). The average molecular weight is 259 g/mol. The highest BCUT2D eigenvalue weighted by Crippen LogP contribution is 2.09. The van der Waals surface area contributed by atoms with Crippen LogP contribution in [0.4, 0.5) is 0 Å². The molecule has 18 heavy (non-hydrogen) atoms. The van der Waals surface area contributed by atoms with E-state index in [1.807, 2.05) is 4.90 Å². The summed E-state index contributed by atoms with van der Waals surface area (Å²) in [5, 5.41) is 0. The van der Waals surface area contributed by atoms with Crippen LogP contribution < -0.4 is 9.60 Å². The van der Waals surface area contributed by atoms with Crippen molar-refractivity contribution in [1.82, 2.24) is 0 Å². The molecule has 2 heteroatoms. The van der Waals surface area contributed by atoms with Crippen molar-refractivity contribution in [2.75, 3.05) is 13.1 Å². The third-order valence-electron chi connectivity index (χ3n) is 4.43. The van der Waals surface area contributed by atoms with Gasteiger partial charge in [0.25, 0.3) is 0 Å². The van der Waals surface area contributed by atoms with Gasteiger partial charge in [0.2, 0.25) is 0 Å². The Morgan fingerprint density at radius 1 is 0.889 bits per heavy atom. The number of halogens is 1. The highest BCUT2D eigenvalue weighted by atomic mass is 19.0. The molecule has 1 N–H and O–H groups in total. The summed E-state index contributed by atoms with van der Waals surface area (Å²) >= 11 is 0. The van der Waals surface area contributed by atoms with Gasteiger partial charge in [0.15, 0.2) is 0 Å². The minimum Gasteiger partial charge on any atom is -1.00 e. The van der Waals surface area contributed by atoms with E-state index in [1.54, 1.807) is 0 Å². The number of unbranched alkanes of at least 4 members (excludes halogenated alkanes) is 8. The highest BCUT2D eigenvalue weighted by Gasteiger charge is 2.22. The van der Waals surface area contributed by atoms with Crippen molar-refractivity contribution in [3.63, 3.8) is 0 Å². The van der Waals surface area contributed by atoms with Gasteiger partial charge < -0.3 is 9.60 Å². The van der Waals surface area contributed by atoms with Gasteiger partial charge in [-0.25, -0.2) is 0 Å². The Morgan fingerprint density at radius 2 is 1.44 bits per heavy atom. The van der Waals surface area contributed by atoms with Crippen molar-refractivity contribution in [3.8, 4) is 0 Å². The molecule has 0 saturated carbocycles. The van der Waals surface area contributed by atoms with E-state index in [-0.39, 0.29) is 4.70 Å². The van der Waals surface area contributed by atoms with Crippen molar-refractivity contribution in [3.05, 3.63) is 0 Å². The van der Waals surface area contributed by atoms with Crippen LogP contribution in [0.15, 0.2) is 0 Å². The maximum atomic E-state index is 2.43. The van der Waals surface area contributed by atoms with Gasteiger partial charge in [-0.2, -0.15) is 0 Å². The lowest BCUT2D eigenvalue weighted by atomic mass is 10.1. The summed E-state index contributed by atoms with van der Waals surface area (Å²) in [5.74, 6) is 0. The summed E-state index contributed by atoms with van der Waals surface area (Å²) in [6.45, 7) is 7.60. The maximum absolute atomic E-state index is 2.43. The van der Waals surface area contributed by atoms with Crippen LogP contribution >= 0.6 is 0 Å². The van der Waals surface area contributed by atoms with Gasteiger partial charge in [-0.05, 0) is 19.8 Å². The average Bonchev–Trinajstić information content (AvgIpc) is 2.73. The zero-order valence-electron chi connectivity index (χ0n) is 12.6. The van der Waals surface area contributed by atoms with Crippen molar-refractivity contribution < 1.29 is 9.60 Å². The first-order valence-electron chi connectivity index (χ1n) is 8.19. The molecule has 0 aromatic carbocycles. The van der Waals surface area contributed by atoms with Gasteiger partial charge in [0.1, 0.15) is 0 Å². The Bertz CT molecular complexity index is 172. The molecule has 0 aliphatic carbocycles. The largest absolute Gasteiger partial charge is 1.00 e. The fraction of sp³-hybridized carbons (Fsp3) is 1.00. The van der Waals surface area contributed by atoms with Crippen molar-refractivity contribution in [2.24, 2.45) is 0 Å². The first-order valence-corrected chi connectivity index (χ1v) is 8.19. The van der Waals surface area contributed by atoms with Gasteiger partial charge in [0, 0.05) is 12.8 Å². The smallest absolute Gasteiger partial charge is 0.0848 e. The second kappa shape index (κ2) is 12.0. The number of nitrogens with one attached hydrogen (secondary N) is 1. The van der Waals surface area contributed by atoms with E-state index in [0.29, 0.717) is 0 Å². The molecule has 2 atom stereocenters. The SMILES string of the molecule is CCCCCCCCCCC[NH+]1CCCC1C.[F-]. The third-order valence-corrected chi connectivity index (χ3v) is 4.43. The van der Waals surface area contributed by atoms with E-state index in [1.165, 1.54) is 83.7 Å². The number of hydrogen-bond acceptors (Lipinski definition) is 0. The molecule has 1 fully saturated rings. The Balaban J connectivity index is 0.00000289. The van der Waals surface area contributed by atoms with Crippen LogP contribution in [0.3, 0.4) is 0 Å². The van der Waals surface area contributed by atoms with Gasteiger partial charge in [0.05, 0.1) is 19.1 Å². The highest BCUT2D eigenvalue weighted by molar-refractivity contribution is 4.56. The lowest BCUT2D eigenvalue weighted by Crippen LogP contribution is -3.13. The second-order valence-electron chi connectivity index (χ2n) is 6.03. The second-order valence-corrected chi connectivity index (χ2v) is 6.03. The number of rotatable bonds is 10. The van der Waals surface area contributed by atoms with Crippen LogP contribution in [0, 0.1) is 0 Å². The fourth-order valence-corrected chi connectivity index (χ4v) is 3.12. The fourth-order valence-electron chi connectivity index (χ4n) is 3.12. The molecule has 1 aliphatic rings. The van der Waals surface area contributed by atoms with E-state index in [4.69, 9.17) is 0 Å². The van der Waals surface area contributed by atoms with E-state index < -0.39 is 0 Å².